The molecule has 1 aromatic rings. The number of nitrogens with one attached hydrogen (secondary N) is 2. The fourth-order valence-electron chi connectivity index (χ4n) is 1.11. The van der Waals surface area contributed by atoms with E-state index in [1.165, 1.54) is 18.3 Å². The molecule has 0 aromatic carbocycles. The highest BCUT2D eigenvalue weighted by molar-refractivity contribution is 5.87. The SMILES string of the molecule is NC(=O)CNC(=O)NCc1cc(C(=O)O)ccn1. The maximum atomic E-state index is 11.2. The van der Waals surface area contributed by atoms with Crippen LogP contribution in [-0.4, -0.2) is 34.5 Å². The Morgan fingerprint density at radius 2 is 2.06 bits per heavy atom. The van der Waals surface area contributed by atoms with E-state index in [0.717, 1.165) is 0 Å². The summed E-state index contributed by atoms with van der Waals surface area (Å²) in [4.78, 5) is 36.1. The second-order valence-corrected chi connectivity index (χ2v) is 3.34. The number of carboxylic acids is 1. The molecule has 1 heterocycles. The lowest BCUT2D eigenvalue weighted by Gasteiger charge is -2.06. The van der Waals surface area contributed by atoms with Gasteiger partial charge in [0.2, 0.25) is 5.91 Å². The lowest BCUT2D eigenvalue weighted by atomic mass is 10.2. The number of aromatic nitrogens is 1. The summed E-state index contributed by atoms with van der Waals surface area (Å²) in [6, 6.07) is 2.10. The minimum Gasteiger partial charge on any atom is -0.478 e. The molecule has 0 saturated carbocycles. The van der Waals surface area contributed by atoms with Crippen LogP contribution in [0.25, 0.3) is 0 Å². The number of hydrogen-bond acceptors (Lipinski definition) is 4. The third kappa shape index (κ3) is 4.47. The van der Waals surface area contributed by atoms with Crippen molar-refractivity contribution < 1.29 is 19.5 Å². The number of urea groups is 1. The van der Waals surface area contributed by atoms with E-state index in [0.29, 0.717) is 5.69 Å². The van der Waals surface area contributed by atoms with E-state index in [9.17, 15) is 14.4 Å². The molecule has 3 amide bonds. The van der Waals surface area contributed by atoms with Gasteiger partial charge in [0.05, 0.1) is 24.3 Å². The smallest absolute Gasteiger partial charge is 0.335 e. The summed E-state index contributed by atoms with van der Waals surface area (Å²) in [5.41, 5.74) is 5.32. The molecule has 0 unspecified atom stereocenters. The Morgan fingerprint density at radius 1 is 1.33 bits per heavy atom. The highest BCUT2D eigenvalue weighted by atomic mass is 16.4. The van der Waals surface area contributed by atoms with E-state index in [1.54, 1.807) is 0 Å². The van der Waals surface area contributed by atoms with Crippen molar-refractivity contribution in [1.29, 1.82) is 0 Å². The average Bonchev–Trinajstić information content (AvgIpc) is 2.34. The fourth-order valence-corrected chi connectivity index (χ4v) is 1.11. The van der Waals surface area contributed by atoms with Crippen molar-refractivity contribution in [3.63, 3.8) is 0 Å². The summed E-state index contributed by atoms with van der Waals surface area (Å²) in [6.45, 7) is -0.222. The number of nitrogens with two attached hydrogens (primary N) is 1. The van der Waals surface area contributed by atoms with Gasteiger partial charge in [0.25, 0.3) is 0 Å². The highest BCUT2D eigenvalue weighted by Gasteiger charge is 2.06. The van der Waals surface area contributed by atoms with Crippen LogP contribution in [0.3, 0.4) is 0 Å². The predicted octanol–water partition coefficient (Wildman–Crippen LogP) is -0.936. The van der Waals surface area contributed by atoms with Crippen LogP contribution >= 0.6 is 0 Å². The number of hydrogen-bond donors (Lipinski definition) is 4. The van der Waals surface area contributed by atoms with Crippen molar-refractivity contribution >= 4 is 17.9 Å². The number of pyridine rings is 1. The van der Waals surface area contributed by atoms with E-state index in [1.807, 2.05) is 0 Å². The van der Waals surface area contributed by atoms with Gasteiger partial charge in [-0.05, 0) is 12.1 Å². The molecule has 1 rings (SSSR count). The number of nitrogens with zero attached hydrogens (tertiary/aromatic N) is 1. The number of rotatable bonds is 5. The van der Waals surface area contributed by atoms with Crippen LogP contribution in [0, 0.1) is 0 Å². The van der Waals surface area contributed by atoms with E-state index in [4.69, 9.17) is 10.8 Å². The largest absolute Gasteiger partial charge is 0.478 e. The number of primary amides is 1. The summed E-state index contributed by atoms with van der Waals surface area (Å²) in [5, 5.41) is 13.4. The average molecular weight is 252 g/mol. The predicted molar refractivity (Wildman–Crippen MR) is 60.6 cm³/mol. The Kier molecular flexibility index (Phi) is 4.61. The Hall–Kier alpha value is -2.64. The van der Waals surface area contributed by atoms with Crippen LogP contribution in [0.15, 0.2) is 18.3 Å². The van der Waals surface area contributed by atoms with Gasteiger partial charge in [-0.15, -0.1) is 0 Å². The molecule has 0 aliphatic heterocycles. The van der Waals surface area contributed by atoms with E-state index < -0.39 is 17.9 Å². The first-order valence-electron chi connectivity index (χ1n) is 4.97. The number of carbonyl (C=O) groups excluding carboxylic acids is 2. The Bertz CT molecular complexity index is 475. The minimum absolute atomic E-state index is 0.0473. The maximum Gasteiger partial charge on any atom is 0.335 e. The zero-order valence-electron chi connectivity index (χ0n) is 9.34. The van der Waals surface area contributed by atoms with E-state index in [-0.39, 0.29) is 18.7 Å². The summed E-state index contributed by atoms with van der Waals surface area (Å²) in [5.74, 6) is -1.73. The zero-order valence-corrected chi connectivity index (χ0v) is 9.34. The van der Waals surface area contributed by atoms with E-state index in [2.05, 4.69) is 15.6 Å². The lowest BCUT2D eigenvalue weighted by molar-refractivity contribution is -0.117. The maximum absolute atomic E-state index is 11.2. The molecular formula is C10H12N4O4. The van der Waals surface area contributed by atoms with Crippen LogP contribution in [0.5, 0.6) is 0 Å². The molecule has 0 fully saturated rings. The van der Waals surface area contributed by atoms with Crippen LogP contribution in [-0.2, 0) is 11.3 Å². The molecule has 0 aliphatic carbocycles. The first-order valence-corrected chi connectivity index (χ1v) is 4.97. The summed E-state index contributed by atoms with van der Waals surface area (Å²) in [7, 11) is 0. The summed E-state index contributed by atoms with van der Waals surface area (Å²) in [6.07, 6.45) is 1.34. The molecule has 0 atom stereocenters. The third-order valence-corrected chi connectivity index (χ3v) is 1.92. The molecule has 0 aliphatic rings. The first kappa shape index (κ1) is 13.4. The normalized spacial score (nSPS) is 9.56. The van der Waals surface area contributed by atoms with Gasteiger partial charge < -0.3 is 21.5 Å². The molecule has 8 nitrogen and oxygen atoms in total. The van der Waals surface area contributed by atoms with Gasteiger partial charge >= 0.3 is 12.0 Å². The molecule has 0 bridgehead atoms. The van der Waals surface area contributed by atoms with Crippen molar-refractivity contribution in [2.24, 2.45) is 5.73 Å². The minimum atomic E-state index is -1.07. The standard InChI is InChI=1S/C10H12N4O4/c11-8(15)5-14-10(18)13-4-7-3-6(9(16)17)1-2-12-7/h1-3H,4-5H2,(H2,11,15)(H,16,17)(H2,13,14,18). The van der Waals surface area contributed by atoms with Gasteiger partial charge in [-0.1, -0.05) is 0 Å². The molecule has 1 aromatic heterocycles. The number of carboxylic acid groups (broad SMARTS) is 1. The Labute approximate surface area is 102 Å². The Balaban J connectivity index is 2.48. The molecular weight excluding hydrogens is 240 g/mol. The van der Waals surface area contributed by atoms with Gasteiger partial charge in [-0.3, -0.25) is 9.78 Å². The first-order chi connectivity index (χ1) is 8.49. The molecule has 5 N–H and O–H groups in total. The van der Waals surface area contributed by atoms with Gasteiger partial charge in [0, 0.05) is 6.20 Å². The zero-order chi connectivity index (χ0) is 13.5. The monoisotopic (exact) mass is 252 g/mol. The lowest BCUT2D eigenvalue weighted by Crippen LogP contribution is -2.40. The van der Waals surface area contributed by atoms with Crippen molar-refractivity contribution in [3.8, 4) is 0 Å². The Morgan fingerprint density at radius 3 is 2.67 bits per heavy atom. The van der Waals surface area contributed by atoms with Crippen LogP contribution in [0.4, 0.5) is 4.79 Å². The third-order valence-electron chi connectivity index (χ3n) is 1.92. The van der Waals surface area contributed by atoms with Crippen LogP contribution in [0.1, 0.15) is 16.1 Å². The van der Waals surface area contributed by atoms with Crippen molar-refractivity contribution in [3.05, 3.63) is 29.6 Å². The van der Waals surface area contributed by atoms with Gasteiger partial charge in [0.15, 0.2) is 0 Å². The van der Waals surface area contributed by atoms with Gasteiger partial charge in [0.1, 0.15) is 0 Å². The van der Waals surface area contributed by atoms with Gasteiger partial charge in [-0.2, -0.15) is 0 Å². The second-order valence-electron chi connectivity index (χ2n) is 3.34. The molecule has 96 valence electrons. The summed E-state index contributed by atoms with van der Waals surface area (Å²) >= 11 is 0. The van der Waals surface area contributed by atoms with Crippen LogP contribution < -0.4 is 16.4 Å². The topological polar surface area (TPSA) is 134 Å². The van der Waals surface area contributed by atoms with Crippen molar-refractivity contribution in [2.75, 3.05) is 6.54 Å². The molecule has 18 heavy (non-hydrogen) atoms. The second kappa shape index (κ2) is 6.18. The summed E-state index contributed by atoms with van der Waals surface area (Å²) < 4.78 is 0. The molecule has 0 radical (unpaired) electrons. The van der Waals surface area contributed by atoms with Crippen molar-refractivity contribution in [2.45, 2.75) is 6.54 Å². The number of aromatic carboxylic acids is 1. The number of carbonyl (C=O) groups is 3. The van der Waals surface area contributed by atoms with E-state index >= 15 is 0 Å². The number of amides is 3. The molecule has 0 saturated heterocycles. The van der Waals surface area contributed by atoms with Crippen molar-refractivity contribution in [1.82, 2.24) is 15.6 Å². The van der Waals surface area contributed by atoms with Crippen LogP contribution in [0.2, 0.25) is 0 Å². The molecule has 8 heteroatoms. The van der Waals surface area contributed by atoms with Gasteiger partial charge in [-0.25, -0.2) is 9.59 Å². The molecule has 0 spiro atoms. The fraction of sp³-hybridized carbons (Fsp3) is 0.200. The highest BCUT2D eigenvalue weighted by Crippen LogP contribution is 2.01. The quantitative estimate of drug-likeness (QED) is 0.536.